The number of hydrogen-bond donors (Lipinski definition) is 2. The van der Waals surface area contributed by atoms with E-state index in [-0.39, 0.29) is 6.54 Å². The fourth-order valence-corrected chi connectivity index (χ4v) is 1.11. The number of aliphatic hydroxyl groups excluding tert-OH is 1. The summed E-state index contributed by atoms with van der Waals surface area (Å²) in [4.78, 5) is 0. The highest BCUT2D eigenvalue weighted by molar-refractivity contribution is 14.1. The predicted octanol–water partition coefficient (Wildman–Crippen LogP) is -0.669. The second-order valence-electron chi connectivity index (χ2n) is 1.93. The van der Waals surface area contributed by atoms with E-state index in [1.807, 2.05) is 22.6 Å². The quantitative estimate of drug-likeness (QED) is 0.530. The first-order valence-electron chi connectivity index (χ1n) is 2.64. The summed E-state index contributed by atoms with van der Waals surface area (Å²) in [6.07, 6.45) is 0.475. The maximum absolute atomic E-state index is 10.4. The first-order chi connectivity index (χ1) is 4.45. The molecule has 10 heavy (non-hydrogen) atoms. The van der Waals surface area contributed by atoms with Gasteiger partial charge < -0.3 is 5.11 Å². The third kappa shape index (κ3) is 6.72. The van der Waals surface area contributed by atoms with Crippen LogP contribution in [0.1, 0.15) is 0 Å². The summed E-state index contributed by atoms with van der Waals surface area (Å²) in [6.45, 7) is 0.0990. The van der Waals surface area contributed by atoms with Crippen LogP contribution in [0.15, 0.2) is 0 Å². The van der Waals surface area contributed by atoms with Crippen LogP contribution >= 0.6 is 22.6 Å². The van der Waals surface area contributed by atoms with Gasteiger partial charge in [-0.25, -0.2) is 13.1 Å². The summed E-state index contributed by atoms with van der Waals surface area (Å²) in [6, 6.07) is 0. The molecule has 0 saturated heterocycles. The van der Waals surface area contributed by atoms with Crippen LogP contribution in [0.3, 0.4) is 0 Å². The lowest BCUT2D eigenvalue weighted by atomic mass is 10.4. The molecule has 0 aromatic rings. The van der Waals surface area contributed by atoms with E-state index >= 15 is 0 Å². The molecule has 0 amide bonds. The van der Waals surface area contributed by atoms with Crippen molar-refractivity contribution in [1.29, 1.82) is 0 Å². The van der Waals surface area contributed by atoms with Crippen molar-refractivity contribution in [2.45, 2.75) is 6.10 Å². The maximum atomic E-state index is 10.4. The van der Waals surface area contributed by atoms with Crippen LogP contribution in [-0.4, -0.2) is 36.9 Å². The van der Waals surface area contributed by atoms with Crippen molar-refractivity contribution in [2.75, 3.05) is 17.2 Å². The van der Waals surface area contributed by atoms with Crippen LogP contribution in [0.4, 0.5) is 0 Å². The average Bonchev–Trinajstić information content (AvgIpc) is 1.81. The first kappa shape index (κ1) is 10.6. The second kappa shape index (κ2) is 4.47. The Hall–Kier alpha value is 0.600. The van der Waals surface area contributed by atoms with Gasteiger partial charge in [0.1, 0.15) is 0 Å². The van der Waals surface area contributed by atoms with Crippen molar-refractivity contribution in [1.82, 2.24) is 4.72 Å². The number of sulfonamides is 1. The van der Waals surface area contributed by atoms with Crippen molar-refractivity contribution < 1.29 is 13.5 Å². The van der Waals surface area contributed by atoms with E-state index in [1.165, 1.54) is 0 Å². The van der Waals surface area contributed by atoms with E-state index < -0.39 is 16.1 Å². The Kier molecular flexibility index (Phi) is 4.74. The Morgan fingerprint density at radius 3 is 2.50 bits per heavy atom. The molecule has 1 unspecified atom stereocenters. The van der Waals surface area contributed by atoms with Crippen LogP contribution in [0, 0.1) is 0 Å². The Bertz CT molecular complexity index is 179. The van der Waals surface area contributed by atoms with E-state index in [4.69, 9.17) is 5.11 Å². The van der Waals surface area contributed by atoms with Gasteiger partial charge in [0.05, 0.1) is 12.4 Å². The summed E-state index contributed by atoms with van der Waals surface area (Å²) >= 11 is 1.98. The van der Waals surface area contributed by atoms with E-state index in [0.717, 1.165) is 6.26 Å². The van der Waals surface area contributed by atoms with Crippen LogP contribution in [0.25, 0.3) is 0 Å². The normalized spacial score (nSPS) is 15.1. The molecule has 0 spiro atoms. The molecule has 6 heteroatoms. The monoisotopic (exact) mass is 279 g/mol. The standard InChI is InChI=1S/C4H10INO3S/c1-10(8,9)6-3-4(7)2-5/h4,6-7H,2-3H2,1H3. The smallest absolute Gasteiger partial charge is 0.208 e. The minimum absolute atomic E-state index is 0.0990. The Morgan fingerprint density at radius 2 is 2.20 bits per heavy atom. The molecule has 0 aliphatic rings. The van der Waals surface area contributed by atoms with Crippen molar-refractivity contribution in [3.05, 3.63) is 0 Å². The molecule has 0 aliphatic heterocycles. The Labute approximate surface area is 74.2 Å². The van der Waals surface area contributed by atoms with Crippen LogP contribution < -0.4 is 4.72 Å². The largest absolute Gasteiger partial charge is 0.391 e. The highest BCUT2D eigenvalue weighted by Gasteiger charge is 2.04. The molecule has 0 rings (SSSR count). The van der Waals surface area contributed by atoms with Crippen LogP contribution in [-0.2, 0) is 10.0 Å². The number of alkyl halides is 1. The minimum atomic E-state index is -3.14. The average molecular weight is 279 g/mol. The van der Waals surface area contributed by atoms with Gasteiger partial charge in [0.2, 0.25) is 10.0 Å². The molecular weight excluding hydrogens is 269 g/mol. The summed E-state index contributed by atoms with van der Waals surface area (Å²) in [5, 5.41) is 8.89. The molecule has 0 aliphatic carbocycles. The van der Waals surface area contributed by atoms with Crippen molar-refractivity contribution in [3.8, 4) is 0 Å². The summed E-state index contributed by atoms with van der Waals surface area (Å²) in [5.74, 6) is 0. The molecule has 4 nitrogen and oxygen atoms in total. The molecule has 62 valence electrons. The lowest BCUT2D eigenvalue weighted by molar-refractivity contribution is 0.206. The van der Waals surface area contributed by atoms with Crippen LogP contribution in [0.5, 0.6) is 0 Å². The molecule has 0 radical (unpaired) electrons. The topological polar surface area (TPSA) is 66.4 Å². The van der Waals surface area contributed by atoms with Gasteiger partial charge in [0, 0.05) is 11.0 Å². The highest BCUT2D eigenvalue weighted by atomic mass is 127. The fourth-order valence-electron chi connectivity index (χ4n) is 0.302. The second-order valence-corrected chi connectivity index (χ2v) is 4.64. The third-order valence-electron chi connectivity index (χ3n) is 0.759. The molecule has 2 N–H and O–H groups in total. The Morgan fingerprint density at radius 1 is 1.70 bits per heavy atom. The van der Waals surface area contributed by atoms with Gasteiger partial charge in [0.15, 0.2) is 0 Å². The van der Waals surface area contributed by atoms with Gasteiger partial charge in [-0.15, -0.1) is 0 Å². The number of halogens is 1. The van der Waals surface area contributed by atoms with Crippen molar-refractivity contribution >= 4 is 32.6 Å². The molecule has 0 fully saturated rings. The van der Waals surface area contributed by atoms with Gasteiger partial charge in [-0.3, -0.25) is 0 Å². The first-order valence-corrected chi connectivity index (χ1v) is 6.06. The predicted molar refractivity (Wildman–Crippen MR) is 47.7 cm³/mol. The van der Waals surface area contributed by atoms with E-state index in [1.54, 1.807) is 0 Å². The lowest BCUT2D eigenvalue weighted by Gasteiger charge is -2.05. The molecule has 1 atom stereocenters. The number of aliphatic hydroxyl groups is 1. The number of rotatable bonds is 4. The molecule has 0 saturated carbocycles. The van der Waals surface area contributed by atoms with E-state index in [9.17, 15) is 8.42 Å². The lowest BCUT2D eigenvalue weighted by Crippen LogP contribution is -2.31. The molecule has 0 aromatic heterocycles. The van der Waals surface area contributed by atoms with E-state index in [2.05, 4.69) is 4.72 Å². The third-order valence-corrected chi connectivity index (χ3v) is 2.47. The zero-order valence-electron chi connectivity index (χ0n) is 5.54. The molecule has 0 heterocycles. The number of nitrogens with one attached hydrogen (secondary N) is 1. The molecule has 0 bridgehead atoms. The SMILES string of the molecule is CS(=O)(=O)NCC(O)CI. The van der Waals surface area contributed by atoms with Crippen LogP contribution in [0.2, 0.25) is 0 Å². The summed E-state index contributed by atoms with van der Waals surface area (Å²) in [5.41, 5.74) is 0. The maximum Gasteiger partial charge on any atom is 0.208 e. The minimum Gasteiger partial charge on any atom is -0.391 e. The summed E-state index contributed by atoms with van der Waals surface area (Å²) in [7, 11) is -3.14. The molecular formula is C4H10INO3S. The van der Waals surface area contributed by atoms with Gasteiger partial charge in [0.25, 0.3) is 0 Å². The Balaban J connectivity index is 3.56. The molecule has 0 aromatic carbocycles. The van der Waals surface area contributed by atoms with Crippen molar-refractivity contribution in [3.63, 3.8) is 0 Å². The summed E-state index contributed by atoms with van der Waals surface area (Å²) < 4.78 is 23.6. The van der Waals surface area contributed by atoms with Gasteiger partial charge in [-0.05, 0) is 0 Å². The van der Waals surface area contributed by atoms with Gasteiger partial charge in [-0.2, -0.15) is 0 Å². The number of hydrogen-bond acceptors (Lipinski definition) is 3. The van der Waals surface area contributed by atoms with Gasteiger partial charge >= 0.3 is 0 Å². The highest BCUT2D eigenvalue weighted by Crippen LogP contribution is 1.89. The fraction of sp³-hybridized carbons (Fsp3) is 1.00. The zero-order chi connectivity index (χ0) is 8.20. The zero-order valence-corrected chi connectivity index (χ0v) is 8.52. The van der Waals surface area contributed by atoms with Gasteiger partial charge in [-0.1, -0.05) is 22.6 Å². The van der Waals surface area contributed by atoms with Crippen molar-refractivity contribution in [2.24, 2.45) is 0 Å². The van der Waals surface area contributed by atoms with E-state index in [0.29, 0.717) is 4.43 Å².